The molecule has 0 unspecified atom stereocenters. The lowest BCUT2D eigenvalue weighted by Crippen LogP contribution is -2.19. The number of amides is 1. The summed E-state index contributed by atoms with van der Waals surface area (Å²) in [7, 11) is 0. The number of aromatic carboxylic acids is 1. The van der Waals surface area contributed by atoms with E-state index in [2.05, 4.69) is 36.3 Å². The van der Waals surface area contributed by atoms with Gasteiger partial charge in [0.25, 0.3) is 5.91 Å². The van der Waals surface area contributed by atoms with Gasteiger partial charge < -0.3 is 10.4 Å². The van der Waals surface area contributed by atoms with E-state index >= 15 is 0 Å². The van der Waals surface area contributed by atoms with Crippen molar-refractivity contribution in [2.24, 2.45) is 4.99 Å². The van der Waals surface area contributed by atoms with Crippen LogP contribution in [0.4, 0.5) is 5.69 Å². The van der Waals surface area contributed by atoms with Crippen LogP contribution in [-0.4, -0.2) is 22.2 Å². The van der Waals surface area contributed by atoms with Crippen LogP contribution in [0.1, 0.15) is 41.3 Å². The molecule has 1 aliphatic heterocycles. The summed E-state index contributed by atoms with van der Waals surface area (Å²) in [6.45, 7) is 4.27. The fourth-order valence-electron chi connectivity index (χ4n) is 2.43. The lowest BCUT2D eigenvalue weighted by atomic mass is 10.0. The Morgan fingerprint density at radius 3 is 2.58 bits per heavy atom. The first-order valence-electron chi connectivity index (χ1n) is 8.15. The predicted octanol–water partition coefficient (Wildman–Crippen LogP) is 4.40. The summed E-state index contributed by atoms with van der Waals surface area (Å²) in [5, 5.41) is 12.2. The van der Waals surface area contributed by atoms with E-state index in [0.717, 1.165) is 5.56 Å². The van der Waals surface area contributed by atoms with Crippen LogP contribution in [0.5, 0.6) is 0 Å². The monoisotopic (exact) mass is 366 g/mol. The molecule has 6 heteroatoms. The number of hydrogen-bond donors (Lipinski definition) is 2. The molecule has 0 saturated carbocycles. The number of amidine groups is 1. The molecular weight excluding hydrogens is 348 g/mol. The molecule has 0 aromatic heterocycles. The maximum Gasteiger partial charge on any atom is 0.335 e. The predicted molar refractivity (Wildman–Crippen MR) is 105 cm³/mol. The number of carboxylic acids is 1. The minimum absolute atomic E-state index is 0.155. The lowest BCUT2D eigenvalue weighted by molar-refractivity contribution is -0.115. The van der Waals surface area contributed by atoms with E-state index in [1.165, 1.54) is 29.5 Å². The number of carbonyl (C=O) groups excluding carboxylic acids is 1. The van der Waals surface area contributed by atoms with Gasteiger partial charge in [-0.15, -0.1) is 0 Å². The van der Waals surface area contributed by atoms with Crippen LogP contribution < -0.4 is 5.32 Å². The molecule has 1 fully saturated rings. The number of benzene rings is 2. The highest BCUT2D eigenvalue weighted by molar-refractivity contribution is 8.18. The van der Waals surface area contributed by atoms with Crippen LogP contribution in [0.2, 0.25) is 0 Å². The third-order valence-electron chi connectivity index (χ3n) is 3.88. The molecule has 0 aliphatic carbocycles. The summed E-state index contributed by atoms with van der Waals surface area (Å²) in [5.74, 6) is -0.766. The molecule has 1 saturated heterocycles. The molecule has 5 nitrogen and oxygen atoms in total. The molecule has 3 rings (SSSR count). The van der Waals surface area contributed by atoms with Crippen LogP contribution in [0.15, 0.2) is 58.4 Å². The second-order valence-electron chi connectivity index (χ2n) is 6.16. The van der Waals surface area contributed by atoms with Gasteiger partial charge >= 0.3 is 5.97 Å². The maximum absolute atomic E-state index is 12.2. The Hall–Kier alpha value is -2.86. The highest BCUT2D eigenvalue weighted by Crippen LogP contribution is 2.28. The summed E-state index contributed by atoms with van der Waals surface area (Å²) in [4.78, 5) is 28.1. The van der Waals surface area contributed by atoms with E-state index in [4.69, 9.17) is 5.11 Å². The third-order valence-corrected chi connectivity index (χ3v) is 4.79. The summed E-state index contributed by atoms with van der Waals surface area (Å²) < 4.78 is 0. The molecule has 1 aliphatic rings. The van der Waals surface area contributed by atoms with Crippen LogP contribution in [0.25, 0.3) is 6.08 Å². The zero-order chi connectivity index (χ0) is 18.7. The summed E-state index contributed by atoms with van der Waals surface area (Å²) in [5.41, 5.74) is 2.83. The Morgan fingerprint density at radius 1 is 1.19 bits per heavy atom. The van der Waals surface area contributed by atoms with Gasteiger partial charge in [0.15, 0.2) is 5.17 Å². The van der Waals surface area contributed by atoms with Crippen molar-refractivity contribution in [2.45, 2.75) is 19.8 Å². The molecule has 2 aromatic rings. The number of thioether (sulfide) groups is 1. The number of nitrogens with zero attached hydrogens (tertiary/aromatic N) is 1. The minimum atomic E-state index is -1.01. The van der Waals surface area contributed by atoms with Crippen molar-refractivity contribution in [3.05, 3.63) is 70.1 Å². The summed E-state index contributed by atoms with van der Waals surface area (Å²) >= 11 is 1.24. The normalized spacial score (nSPS) is 17.1. The fraction of sp³-hybridized carbons (Fsp3) is 0.150. The van der Waals surface area contributed by atoms with Crippen LogP contribution in [-0.2, 0) is 4.79 Å². The quantitative estimate of drug-likeness (QED) is 0.786. The molecule has 1 amide bonds. The number of hydrogen-bond acceptors (Lipinski definition) is 4. The number of aliphatic imine (C=N–C) groups is 1. The van der Waals surface area contributed by atoms with Gasteiger partial charge in [0.2, 0.25) is 0 Å². The average molecular weight is 366 g/mol. The van der Waals surface area contributed by atoms with E-state index < -0.39 is 5.97 Å². The van der Waals surface area contributed by atoms with Crippen molar-refractivity contribution >= 4 is 40.6 Å². The van der Waals surface area contributed by atoms with Crippen molar-refractivity contribution in [2.75, 3.05) is 0 Å². The Kier molecular flexibility index (Phi) is 5.23. The van der Waals surface area contributed by atoms with Gasteiger partial charge in [-0.25, -0.2) is 9.79 Å². The van der Waals surface area contributed by atoms with Crippen molar-refractivity contribution in [3.63, 3.8) is 0 Å². The molecule has 0 radical (unpaired) electrons. The second kappa shape index (κ2) is 7.58. The average Bonchev–Trinajstić information content (AvgIpc) is 2.94. The molecule has 26 heavy (non-hydrogen) atoms. The Bertz CT molecular complexity index is 915. The smallest absolute Gasteiger partial charge is 0.335 e. The molecule has 0 atom stereocenters. The van der Waals surface area contributed by atoms with Crippen LogP contribution >= 0.6 is 11.8 Å². The van der Waals surface area contributed by atoms with Gasteiger partial charge in [-0.05, 0) is 53.1 Å². The van der Waals surface area contributed by atoms with E-state index in [0.29, 0.717) is 21.7 Å². The first-order valence-corrected chi connectivity index (χ1v) is 8.97. The SMILES string of the molecule is CC(C)c1ccc(/C=C2\SC(=Nc3cccc(C(=O)O)c3)NC2=O)cc1. The first-order chi connectivity index (χ1) is 12.4. The second-order valence-corrected chi connectivity index (χ2v) is 7.19. The number of carbonyl (C=O) groups is 2. The fourth-order valence-corrected chi connectivity index (χ4v) is 3.28. The highest BCUT2D eigenvalue weighted by Gasteiger charge is 2.23. The van der Waals surface area contributed by atoms with E-state index in [-0.39, 0.29) is 11.5 Å². The molecule has 2 aromatic carbocycles. The van der Waals surface area contributed by atoms with E-state index in [1.807, 2.05) is 18.2 Å². The van der Waals surface area contributed by atoms with Gasteiger partial charge in [0, 0.05) is 0 Å². The topological polar surface area (TPSA) is 78.8 Å². The number of carboxylic acid groups (broad SMARTS) is 1. The van der Waals surface area contributed by atoms with Gasteiger partial charge in [-0.1, -0.05) is 44.2 Å². The van der Waals surface area contributed by atoms with E-state index in [9.17, 15) is 9.59 Å². The molecule has 0 spiro atoms. The van der Waals surface area contributed by atoms with Crippen LogP contribution in [0.3, 0.4) is 0 Å². The Labute approximate surface area is 155 Å². The van der Waals surface area contributed by atoms with Crippen LogP contribution in [0, 0.1) is 0 Å². The van der Waals surface area contributed by atoms with E-state index in [1.54, 1.807) is 12.1 Å². The van der Waals surface area contributed by atoms with Crippen molar-refractivity contribution in [1.82, 2.24) is 5.32 Å². The highest BCUT2D eigenvalue weighted by atomic mass is 32.2. The Morgan fingerprint density at radius 2 is 1.92 bits per heavy atom. The zero-order valence-electron chi connectivity index (χ0n) is 14.4. The summed E-state index contributed by atoms with van der Waals surface area (Å²) in [6.07, 6.45) is 1.82. The van der Waals surface area contributed by atoms with Gasteiger partial charge in [0.1, 0.15) is 0 Å². The van der Waals surface area contributed by atoms with Crippen molar-refractivity contribution in [3.8, 4) is 0 Å². The van der Waals surface area contributed by atoms with Gasteiger partial charge in [-0.3, -0.25) is 4.79 Å². The van der Waals surface area contributed by atoms with Gasteiger partial charge in [-0.2, -0.15) is 0 Å². The zero-order valence-corrected chi connectivity index (χ0v) is 15.2. The first kappa shape index (κ1) is 17.9. The van der Waals surface area contributed by atoms with Crippen molar-refractivity contribution < 1.29 is 14.7 Å². The largest absolute Gasteiger partial charge is 0.478 e. The molecule has 132 valence electrons. The number of rotatable bonds is 4. The maximum atomic E-state index is 12.2. The van der Waals surface area contributed by atoms with Crippen molar-refractivity contribution in [1.29, 1.82) is 0 Å². The molecular formula is C20H18N2O3S. The number of nitrogens with one attached hydrogen (secondary N) is 1. The molecule has 2 N–H and O–H groups in total. The van der Waals surface area contributed by atoms with Gasteiger partial charge in [0.05, 0.1) is 16.2 Å². The Balaban J connectivity index is 1.79. The summed E-state index contributed by atoms with van der Waals surface area (Å²) in [6, 6.07) is 14.4. The molecule has 1 heterocycles. The third kappa shape index (κ3) is 4.21. The molecule has 0 bridgehead atoms. The minimum Gasteiger partial charge on any atom is -0.478 e. The lowest BCUT2D eigenvalue weighted by Gasteiger charge is -2.04. The standard InChI is InChI=1S/C20H18N2O3S/c1-12(2)14-8-6-13(7-9-14)10-17-18(23)22-20(26-17)21-16-5-3-4-15(11-16)19(24)25/h3-12H,1-2H3,(H,24,25)(H,21,22,23)/b17-10-.